The molecule has 1 fully saturated rings. The van der Waals surface area contributed by atoms with Crippen molar-refractivity contribution < 1.29 is 14.4 Å². The number of amides is 3. The fraction of sp³-hybridized carbons (Fsp3) is 0.348. The van der Waals surface area contributed by atoms with Gasteiger partial charge in [0, 0.05) is 12.1 Å². The van der Waals surface area contributed by atoms with Crippen molar-refractivity contribution in [3.8, 4) is 0 Å². The van der Waals surface area contributed by atoms with Crippen molar-refractivity contribution in [2.45, 2.75) is 26.3 Å². The van der Waals surface area contributed by atoms with Crippen molar-refractivity contribution in [1.29, 1.82) is 0 Å². The fourth-order valence-corrected chi connectivity index (χ4v) is 3.98. The lowest BCUT2D eigenvalue weighted by Crippen LogP contribution is -2.42. The molecule has 2 aliphatic heterocycles. The van der Waals surface area contributed by atoms with Crippen LogP contribution in [-0.4, -0.2) is 42.3 Å². The van der Waals surface area contributed by atoms with Crippen LogP contribution < -0.4 is 10.6 Å². The van der Waals surface area contributed by atoms with Crippen LogP contribution in [0.4, 0.5) is 0 Å². The number of nitrogens with one attached hydrogen (secondary N) is 2. The summed E-state index contributed by atoms with van der Waals surface area (Å²) >= 11 is 0. The Labute approximate surface area is 182 Å². The SMILES string of the molecule is CC1(CNC(=O)c2cccc(CN3C(=O)c4ccccc4C3=O)c2)CCNCC1.Cl. The van der Waals surface area contributed by atoms with Gasteiger partial charge in [-0.05, 0) is 61.2 Å². The third-order valence-corrected chi connectivity index (χ3v) is 5.89. The molecule has 0 atom stereocenters. The van der Waals surface area contributed by atoms with E-state index in [9.17, 15) is 14.4 Å². The summed E-state index contributed by atoms with van der Waals surface area (Å²) in [5.74, 6) is -0.715. The van der Waals surface area contributed by atoms with Crippen LogP contribution in [-0.2, 0) is 6.54 Å². The minimum absolute atomic E-state index is 0. The Kier molecular flexibility index (Phi) is 6.58. The number of benzene rings is 2. The van der Waals surface area contributed by atoms with Gasteiger partial charge in [0.15, 0.2) is 0 Å². The molecule has 2 N–H and O–H groups in total. The van der Waals surface area contributed by atoms with Crippen molar-refractivity contribution >= 4 is 30.1 Å². The number of rotatable bonds is 5. The Hall–Kier alpha value is -2.70. The minimum Gasteiger partial charge on any atom is -0.351 e. The van der Waals surface area contributed by atoms with Gasteiger partial charge in [-0.3, -0.25) is 19.3 Å². The summed E-state index contributed by atoms with van der Waals surface area (Å²) in [6, 6.07) is 14.0. The van der Waals surface area contributed by atoms with Gasteiger partial charge in [0.25, 0.3) is 17.7 Å². The highest BCUT2D eigenvalue weighted by atomic mass is 35.5. The van der Waals surface area contributed by atoms with Crippen molar-refractivity contribution in [2.24, 2.45) is 5.41 Å². The maximum absolute atomic E-state index is 12.7. The van der Waals surface area contributed by atoms with Crippen molar-refractivity contribution in [3.05, 3.63) is 70.8 Å². The first-order valence-electron chi connectivity index (χ1n) is 10.00. The Morgan fingerprint density at radius 3 is 2.30 bits per heavy atom. The first kappa shape index (κ1) is 22.0. The molecule has 2 aromatic rings. The Bertz CT molecular complexity index is 935. The number of hydrogen-bond acceptors (Lipinski definition) is 4. The largest absolute Gasteiger partial charge is 0.351 e. The van der Waals surface area contributed by atoms with Gasteiger partial charge >= 0.3 is 0 Å². The zero-order valence-electron chi connectivity index (χ0n) is 16.9. The third kappa shape index (κ3) is 4.40. The molecule has 2 aliphatic rings. The number of carbonyl (C=O) groups is 3. The van der Waals surface area contributed by atoms with Gasteiger partial charge in [0.2, 0.25) is 0 Å². The van der Waals surface area contributed by atoms with E-state index in [1.165, 1.54) is 4.90 Å². The van der Waals surface area contributed by atoms with Gasteiger partial charge in [0.05, 0.1) is 17.7 Å². The molecule has 4 rings (SSSR count). The Balaban J connectivity index is 0.00000256. The van der Waals surface area contributed by atoms with E-state index in [0.29, 0.717) is 23.2 Å². The molecule has 2 heterocycles. The van der Waals surface area contributed by atoms with Gasteiger partial charge in [0.1, 0.15) is 0 Å². The van der Waals surface area contributed by atoms with Gasteiger partial charge in [-0.2, -0.15) is 0 Å². The third-order valence-electron chi connectivity index (χ3n) is 5.89. The summed E-state index contributed by atoms with van der Waals surface area (Å²) in [6.45, 7) is 4.93. The lowest BCUT2D eigenvalue weighted by Gasteiger charge is -2.34. The van der Waals surface area contributed by atoms with E-state index in [2.05, 4.69) is 17.6 Å². The maximum atomic E-state index is 12.7. The highest BCUT2D eigenvalue weighted by molar-refractivity contribution is 6.21. The molecule has 6 nitrogen and oxygen atoms in total. The molecule has 0 saturated carbocycles. The van der Waals surface area contributed by atoms with Crippen LogP contribution in [0.5, 0.6) is 0 Å². The van der Waals surface area contributed by atoms with Crippen LogP contribution in [0.2, 0.25) is 0 Å². The van der Waals surface area contributed by atoms with Gasteiger partial charge in [-0.1, -0.05) is 31.2 Å². The summed E-state index contributed by atoms with van der Waals surface area (Å²) in [5, 5.41) is 6.39. The van der Waals surface area contributed by atoms with Crippen LogP contribution in [0.1, 0.15) is 56.4 Å². The number of piperidine rings is 1. The molecule has 2 aromatic carbocycles. The summed E-state index contributed by atoms with van der Waals surface area (Å²) in [6.07, 6.45) is 2.07. The van der Waals surface area contributed by atoms with Gasteiger partial charge < -0.3 is 10.6 Å². The number of halogens is 1. The van der Waals surface area contributed by atoms with E-state index in [1.54, 1.807) is 42.5 Å². The smallest absolute Gasteiger partial charge is 0.261 e. The summed E-state index contributed by atoms with van der Waals surface area (Å²) in [7, 11) is 0. The summed E-state index contributed by atoms with van der Waals surface area (Å²) in [4.78, 5) is 39.0. The molecule has 0 aromatic heterocycles. The second-order valence-corrected chi connectivity index (χ2v) is 8.19. The van der Waals surface area contributed by atoms with Crippen LogP contribution >= 0.6 is 12.4 Å². The molecule has 0 unspecified atom stereocenters. The standard InChI is InChI=1S/C23H25N3O3.ClH/c1-23(9-11-24-12-10-23)15-25-20(27)17-6-4-5-16(13-17)14-26-21(28)18-7-2-3-8-19(18)22(26)29;/h2-8,13,24H,9-12,14-15H2,1H3,(H,25,27);1H. The minimum atomic E-state index is -0.292. The Morgan fingerprint density at radius 2 is 1.67 bits per heavy atom. The van der Waals surface area contributed by atoms with E-state index in [4.69, 9.17) is 0 Å². The highest BCUT2D eigenvalue weighted by Gasteiger charge is 2.35. The van der Waals surface area contributed by atoms with E-state index in [-0.39, 0.29) is 42.1 Å². The molecule has 0 radical (unpaired) electrons. The van der Waals surface area contributed by atoms with Crippen molar-refractivity contribution in [1.82, 2.24) is 15.5 Å². The molecule has 0 spiro atoms. The lowest BCUT2D eigenvalue weighted by molar-refractivity contribution is 0.0642. The molecule has 3 amide bonds. The number of nitrogens with zero attached hydrogens (tertiary/aromatic N) is 1. The number of imide groups is 1. The average Bonchev–Trinajstić information content (AvgIpc) is 2.98. The predicted octanol–water partition coefficient (Wildman–Crippen LogP) is 3.02. The maximum Gasteiger partial charge on any atom is 0.261 e. The zero-order valence-corrected chi connectivity index (χ0v) is 17.8. The molecule has 7 heteroatoms. The first-order chi connectivity index (χ1) is 14.0. The molecule has 0 bridgehead atoms. The average molecular weight is 428 g/mol. The van der Waals surface area contributed by atoms with Gasteiger partial charge in [-0.25, -0.2) is 0 Å². The van der Waals surface area contributed by atoms with Crippen molar-refractivity contribution in [3.63, 3.8) is 0 Å². The Morgan fingerprint density at radius 1 is 1.03 bits per heavy atom. The molecule has 1 saturated heterocycles. The summed E-state index contributed by atoms with van der Waals surface area (Å²) < 4.78 is 0. The van der Waals surface area contributed by atoms with Crippen LogP contribution in [0.3, 0.4) is 0 Å². The molecular weight excluding hydrogens is 402 g/mol. The highest BCUT2D eigenvalue weighted by Crippen LogP contribution is 2.27. The number of fused-ring (bicyclic) bond motifs is 1. The monoisotopic (exact) mass is 427 g/mol. The predicted molar refractivity (Wildman–Crippen MR) is 117 cm³/mol. The van der Waals surface area contributed by atoms with Crippen LogP contribution in [0.25, 0.3) is 0 Å². The van der Waals surface area contributed by atoms with Crippen LogP contribution in [0, 0.1) is 5.41 Å². The lowest BCUT2D eigenvalue weighted by atomic mass is 9.81. The second-order valence-electron chi connectivity index (χ2n) is 8.19. The number of hydrogen-bond donors (Lipinski definition) is 2. The summed E-state index contributed by atoms with van der Waals surface area (Å²) in [5.41, 5.74) is 2.26. The molecule has 30 heavy (non-hydrogen) atoms. The fourth-order valence-electron chi connectivity index (χ4n) is 3.98. The number of carbonyl (C=O) groups excluding carboxylic acids is 3. The zero-order chi connectivity index (χ0) is 20.4. The quantitative estimate of drug-likeness (QED) is 0.719. The van der Waals surface area contributed by atoms with Gasteiger partial charge in [-0.15, -0.1) is 12.4 Å². The second kappa shape index (κ2) is 8.98. The first-order valence-corrected chi connectivity index (χ1v) is 10.00. The topological polar surface area (TPSA) is 78.5 Å². The van der Waals surface area contributed by atoms with E-state index >= 15 is 0 Å². The van der Waals surface area contributed by atoms with Crippen LogP contribution in [0.15, 0.2) is 48.5 Å². The molecule has 0 aliphatic carbocycles. The molecule has 158 valence electrons. The van der Waals surface area contributed by atoms with E-state index in [1.807, 2.05) is 6.07 Å². The van der Waals surface area contributed by atoms with Crippen molar-refractivity contribution in [2.75, 3.05) is 19.6 Å². The van der Waals surface area contributed by atoms with E-state index < -0.39 is 0 Å². The molecular formula is C23H26ClN3O3. The van der Waals surface area contributed by atoms with E-state index in [0.717, 1.165) is 31.5 Å². The normalized spacial score (nSPS) is 17.3.